The number of amides is 1. The number of rotatable bonds is 12. The predicted octanol–water partition coefficient (Wildman–Crippen LogP) is 5.33. The number of carbonyl (C=O) groups excluding carboxylic acids is 2. The molecule has 3 fully saturated rings. The number of carbonyl (C=O) groups is 2. The molecule has 1 aromatic heterocycles. The average Bonchev–Trinajstić information content (AvgIpc) is 3.79. The number of hydrogen-bond acceptors (Lipinski definition) is 10. The van der Waals surface area contributed by atoms with E-state index in [2.05, 4.69) is 25.2 Å². The monoisotopic (exact) mass is 631 g/mol. The SMILES string of the molecule is CC[C@H](N)C(=O)OCCSNc1ccc(NC(=O)c2ccc(NC)c(N3CCC(F)(F)CC3)n2)c(N2CCC3(CC2)CC3)c1. The Morgan fingerprint density at radius 2 is 1.70 bits per heavy atom. The van der Waals surface area contributed by atoms with E-state index >= 15 is 0 Å². The summed E-state index contributed by atoms with van der Waals surface area (Å²) in [5.41, 5.74) is 9.58. The number of alkyl halides is 2. The summed E-state index contributed by atoms with van der Waals surface area (Å²) in [6.07, 6.45) is 4.89. The van der Waals surface area contributed by atoms with Gasteiger partial charge in [-0.05, 0) is 79.8 Å². The molecule has 1 amide bonds. The number of piperidine rings is 2. The fraction of sp³-hybridized carbons (Fsp3) is 0.581. The lowest BCUT2D eigenvalue weighted by Gasteiger charge is -2.35. The van der Waals surface area contributed by atoms with Crippen LogP contribution in [0.1, 0.15) is 62.4 Å². The Morgan fingerprint density at radius 3 is 2.36 bits per heavy atom. The minimum absolute atomic E-state index is 0.168. The first kappa shape index (κ1) is 32.1. The third-order valence-corrected chi connectivity index (χ3v) is 9.65. The maximum absolute atomic E-state index is 13.8. The summed E-state index contributed by atoms with van der Waals surface area (Å²) in [7, 11) is 1.75. The van der Waals surface area contributed by atoms with Crippen LogP contribution in [0, 0.1) is 5.41 Å². The van der Waals surface area contributed by atoms with Gasteiger partial charge in [-0.3, -0.25) is 9.59 Å². The highest BCUT2D eigenvalue weighted by molar-refractivity contribution is 8.00. The largest absolute Gasteiger partial charge is 0.464 e. The topological polar surface area (TPSA) is 125 Å². The van der Waals surface area contributed by atoms with E-state index in [1.54, 1.807) is 19.2 Å². The quantitative estimate of drug-likeness (QED) is 0.139. The molecule has 1 aromatic carbocycles. The van der Waals surface area contributed by atoms with Crippen molar-refractivity contribution in [1.29, 1.82) is 0 Å². The zero-order valence-corrected chi connectivity index (χ0v) is 26.3. The van der Waals surface area contributed by atoms with Gasteiger partial charge < -0.3 is 35.6 Å². The van der Waals surface area contributed by atoms with Crippen molar-refractivity contribution < 1.29 is 23.1 Å². The fourth-order valence-electron chi connectivity index (χ4n) is 5.70. The van der Waals surface area contributed by atoms with E-state index in [1.807, 2.05) is 30.0 Å². The number of anilines is 5. The lowest BCUT2D eigenvalue weighted by Crippen LogP contribution is -2.40. The van der Waals surface area contributed by atoms with Crippen molar-refractivity contribution in [2.24, 2.45) is 11.1 Å². The molecule has 0 radical (unpaired) electrons. The van der Waals surface area contributed by atoms with E-state index in [1.165, 1.54) is 24.8 Å². The number of pyridine rings is 1. The van der Waals surface area contributed by atoms with Crippen LogP contribution >= 0.6 is 11.9 Å². The molecule has 1 aliphatic carbocycles. The van der Waals surface area contributed by atoms with Crippen LogP contribution in [0.4, 0.5) is 37.3 Å². The second-order valence-electron chi connectivity index (χ2n) is 12.0. The number of aromatic nitrogens is 1. The van der Waals surface area contributed by atoms with Gasteiger partial charge in [-0.1, -0.05) is 6.92 Å². The molecule has 1 spiro atoms. The van der Waals surface area contributed by atoms with Gasteiger partial charge in [-0.2, -0.15) is 0 Å². The number of nitrogens with zero attached hydrogens (tertiary/aromatic N) is 3. The summed E-state index contributed by atoms with van der Waals surface area (Å²) >= 11 is 1.43. The van der Waals surface area contributed by atoms with Crippen LogP contribution < -0.4 is 30.9 Å². The summed E-state index contributed by atoms with van der Waals surface area (Å²) in [5.74, 6) is -2.39. The molecule has 240 valence electrons. The zero-order valence-electron chi connectivity index (χ0n) is 25.5. The first-order valence-electron chi connectivity index (χ1n) is 15.4. The predicted molar refractivity (Wildman–Crippen MR) is 173 cm³/mol. The summed E-state index contributed by atoms with van der Waals surface area (Å²) < 4.78 is 36.2. The van der Waals surface area contributed by atoms with E-state index in [-0.39, 0.29) is 44.1 Å². The molecule has 0 unspecified atom stereocenters. The number of nitrogens with one attached hydrogen (secondary N) is 3. The number of benzene rings is 1. The van der Waals surface area contributed by atoms with Gasteiger partial charge in [0.2, 0.25) is 0 Å². The molecule has 3 aliphatic rings. The molecule has 0 bridgehead atoms. The highest BCUT2D eigenvalue weighted by Gasteiger charge is 2.44. The highest BCUT2D eigenvalue weighted by Crippen LogP contribution is 2.54. The molecule has 2 aliphatic heterocycles. The molecule has 10 nitrogen and oxygen atoms in total. The molecule has 5 N–H and O–H groups in total. The van der Waals surface area contributed by atoms with Crippen LogP contribution in [0.15, 0.2) is 30.3 Å². The minimum Gasteiger partial charge on any atom is -0.464 e. The Morgan fingerprint density at radius 1 is 1.02 bits per heavy atom. The van der Waals surface area contributed by atoms with Crippen molar-refractivity contribution in [1.82, 2.24) is 4.98 Å². The van der Waals surface area contributed by atoms with Crippen LogP contribution in [-0.2, 0) is 9.53 Å². The third kappa shape index (κ3) is 7.84. The molecule has 1 atom stereocenters. The number of ether oxygens (including phenoxy) is 1. The summed E-state index contributed by atoms with van der Waals surface area (Å²) in [6.45, 7) is 4.24. The summed E-state index contributed by atoms with van der Waals surface area (Å²) in [5, 5.41) is 6.14. The zero-order chi connectivity index (χ0) is 31.3. The van der Waals surface area contributed by atoms with Crippen LogP contribution in [-0.4, -0.2) is 74.4 Å². The number of nitrogens with two attached hydrogens (primary N) is 1. The Labute approximate surface area is 262 Å². The Bertz CT molecular complexity index is 1320. The van der Waals surface area contributed by atoms with E-state index in [9.17, 15) is 18.4 Å². The van der Waals surface area contributed by atoms with Crippen LogP contribution in [0.5, 0.6) is 0 Å². The van der Waals surface area contributed by atoms with Crippen molar-refractivity contribution in [3.8, 4) is 0 Å². The van der Waals surface area contributed by atoms with Gasteiger partial charge in [0.05, 0.1) is 17.1 Å². The van der Waals surface area contributed by atoms with Gasteiger partial charge in [0.15, 0.2) is 5.82 Å². The van der Waals surface area contributed by atoms with Crippen LogP contribution in [0.25, 0.3) is 0 Å². The fourth-order valence-corrected chi connectivity index (χ4v) is 6.26. The Balaban J connectivity index is 1.28. The molecule has 3 heterocycles. The molecule has 5 rings (SSSR count). The lowest BCUT2D eigenvalue weighted by atomic mass is 9.93. The smallest absolute Gasteiger partial charge is 0.322 e. The summed E-state index contributed by atoms with van der Waals surface area (Å²) in [6, 6.07) is 8.62. The molecule has 1 saturated carbocycles. The van der Waals surface area contributed by atoms with Gasteiger partial charge in [0.25, 0.3) is 11.8 Å². The van der Waals surface area contributed by atoms with Gasteiger partial charge in [-0.25, -0.2) is 13.8 Å². The number of hydrogen-bond donors (Lipinski definition) is 4. The minimum atomic E-state index is -2.68. The average molecular weight is 632 g/mol. The lowest BCUT2D eigenvalue weighted by molar-refractivity contribution is -0.144. The summed E-state index contributed by atoms with van der Waals surface area (Å²) in [4.78, 5) is 34.1. The van der Waals surface area contributed by atoms with Crippen molar-refractivity contribution in [3.05, 3.63) is 36.0 Å². The van der Waals surface area contributed by atoms with Gasteiger partial charge in [-0.15, -0.1) is 0 Å². The van der Waals surface area contributed by atoms with Gasteiger partial charge in [0.1, 0.15) is 18.3 Å². The van der Waals surface area contributed by atoms with Gasteiger partial charge in [0, 0.05) is 57.5 Å². The van der Waals surface area contributed by atoms with Gasteiger partial charge >= 0.3 is 5.97 Å². The van der Waals surface area contributed by atoms with E-state index in [4.69, 9.17) is 10.5 Å². The van der Waals surface area contributed by atoms with E-state index in [0.717, 1.165) is 37.3 Å². The van der Waals surface area contributed by atoms with Crippen molar-refractivity contribution in [2.75, 3.05) is 70.7 Å². The first-order chi connectivity index (χ1) is 21.1. The molecule has 13 heteroatoms. The van der Waals surface area contributed by atoms with E-state index < -0.39 is 17.9 Å². The maximum Gasteiger partial charge on any atom is 0.322 e. The van der Waals surface area contributed by atoms with Crippen molar-refractivity contribution in [3.63, 3.8) is 0 Å². The normalized spacial score (nSPS) is 19.3. The van der Waals surface area contributed by atoms with Crippen LogP contribution in [0.3, 0.4) is 0 Å². The third-order valence-electron chi connectivity index (χ3n) is 8.90. The second-order valence-corrected chi connectivity index (χ2v) is 12.9. The first-order valence-corrected chi connectivity index (χ1v) is 16.4. The molecular formula is C31H43F2N7O3S. The number of esters is 1. The standard InChI is InChI=1S/C31H43F2N7O3S/c1-3-22(34)29(42)43-18-19-44-38-21-4-5-23(26(20-21)39-14-10-30(8-9-30)11-15-39)37-28(41)25-7-6-24(35-2)27(36-25)40-16-12-31(32,33)13-17-40/h4-7,20,22,35,38H,3,8-19,34H2,1-2H3,(H,37,41)/t22-/m0/s1. The molecular weight excluding hydrogens is 588 g/mol. The maximum atomic E-state index is 13.8. The second kappa shape index (κ2) is 13.8. The van der Waals surface area contributed by atoms with Crippen LogP contribution in [0.2, 0.25) is 0 Å². The Hall–Kier alpha value is -3.32. The van der Waals surface area contributed by atoms with Crippen molar-refractivity contribution >= 4 is 52.4 Å². The van der Waals surface area contributed by atoms with E-state index in [0.29, 0.717) is 34.8 Å². The molecule has 44 heavy (non-hydrogen) atoms. The highest BCUT2D eigenvalue weighted by atomic mass is 32.2. The Kier molecular flexibility index (Phi) is 10.0. The number of halogens is 2. The molecule has 2 aromatic rings. The molecule has 2 saturated heterocycles. The van der Waals surface area contributed by atoms with Crippen molar-refractivity contribution in [2.45, 2.75) is 63.8 Å².